The second-order valence-corrected chi connectivity index (χ2v) is 7.10. The molecule has 3 rings (SSSR count). The second kappa shape index (κ2) is 12.8. The number of benzene rings is 1. The summed E-state index contributed by atoms with van der Waals surface area (Å²) in [6.07, 6.45) is 6.27. The number of aromatic nitrogens is 2. The maximum atomic E-state index is 5.23. The first-order chi connectivity index (χ1) is 13.8. The lowest BCUT2D eigenvalue weighted by Crippen LogP contribution is -2.45. The van der Waals surface area contributed by atoms with E-state index in [2.05, 4.69) is 49.9 Å². The first-order valence-corrected chi connectivity index (χ1v) is 10.0. The summed E-state index contributed by atoms with van der Waals surface area (Å²) in [6, 6.07) is 11.0. The first-order valence-electron chi connectivity index (χ1n) is 10.0. The van der Waals surface area contributed by atoms with E-state index in [-0.39, 0.29) is 24.0 Å². The lowest BCUT2D eigenvalue weighted by Gasteiger charge is -2.25. The van der Waals surface area contributed by atoms with E-state index in [1.165, 1.54) is 24.0 Å². The Morgan fingerprint density at radius 2 is 2.07 bits per heavy atom. The number of aliphatic imine (C=N–C) groups is 1. The fourth-order valence-corrected chi connectivity index (χ4v) is 3.70. The van der Waals surface area contributed by atoms with Crippen molar-refractivity contribution in [2.75, 3.05) is 40.4 Å². The molecule has 1 unspecified atom stereocenters. The number of nitrogens with zero attached hydrogens (tertiary/aromatic N) is 4. The summed E-state index contributed by atoms with van der Waals surface area (Å²) in [5.74, 6) is 0.840. The highest BCUT2D eigenvalue weighted by Crippen LogP contribution is 2.16. The highest BCUT2D eigenvalue weighted by molar-refractivity contribution is 14.0. The molecule has 1 aromatic carbocycles. The van der Waals surface area contributed by atoms with Crippen LogP contribution in [0.1, 0.15) is 24.0 Å². The molecule has 2 N–H and O–H groups in total. The Labute approximate surface area is 190 Å². The summed E-state index contributed by atoms with van der Waals surface area (Å²) < 4.78 is 7.18. The monoisotopic (exact) mass is 512 g/mol. The van der Waals surface area contributed by atoms with Gasteiger partial charge < -0.3 is 15.4 Å². The maximum Gasteiger partial charge on any atom is 0.191 e. The average Bonchev–Trinajstić information content (AvgIpc) is 3.39. The fourth-order valence-electron chi connectivity index (χ4n) is 3.70. The van der Waals surface area contributed by atoms with Crippen LogP contribution in [-0.4, -0.2) is 67.1 Å². The Kier molecular flexibility index (Phi) is 10.4. The van der Waals surface area contributed by atoms with Gasteiger partial charge in [0.1, 0.15) is 0 Å². The largest absolute Gasteiger partial charge is 0.383 e. The van der Waals surface area contributed by atoms with Crippen LogP contribution in [0.2, 0.25) is 0 Å². The Balaban J connectivity index is 0.00000300. The summed E-state index contributed by atoms with van der Waals surface area (Å²) in [5.41, 5.74) is 2.51. The minimum Gasteiger partial charge on any atom is -0.383 e. The van der Waals surface area contributed by atoms with Crippen molar-refractivity contribution >= 4 is 29.9 Å². The van der Waals surface area contributed by atoms with Crippen LogP contribution in [0.4, 0.5) is 0 Å². The average molecular weight is 512 g/mol. The van der Waals surface area contributed by atoms with Gasteiger partial charge in [0.25, 0.3) is 0 Å². The molecular weight excluding hydrogens is 479 g/mol. The third-order valence-corrected chi connectivity index (χ3v) is 5.27. The van der Waals surface area contributed by atoms with Gasteiger partial charge in [0, 0.05) is 52.2 Å². The van der Waals surface area contributed by atoms with Crippen molar-refractivity contribution in [1.29, 1.82) is 0 Å². The topological polar surface area (TPSA) is 66.7 Å². The first kappa shape index (κ1) is 23.6. The van der Waals surface area contributed by atoms with Crippen molar-refractivity contribution in [3.63, 3.8) is 0 Å². The van der Waals surface area contributed by atoms with Gasteiger partial charge in [0.05, 0.1) is 13.2 Å². The quantitative estimate of drug-likeness (QED) is 0.307. The van der Waals surface area contributed by atoms with Crippen LogP contribution >= 0.6 is 24.0 Å². The molecule has 0 radical (unpaired) electrons. The zero-order valence-electron chi connectivity index (χ0n) is 17.4. The molecule has 29 heavy (non-hydrogen) atoms. The molecule has 0 amide bonds. The van der Waals surface area contributed by atoms with Gasteiger partial charge in [-0.05, 0) is 36.6 Å². The molecular formula is C21H33IN6O. The number of likely N-dealkylation sites (tertiary alicyclic amines) is 1. The third-order valence-electron chi connectivity index (χ3n) is 5.27. The number of hydrogen-bond acceptors (Lipinski definition) is 4. The van der Waals surface area contributed by atoms with E-state index in [1.807, 2.05) is 30.2 Å². The molecule has 7 nitrogen and oxygen atoms in total. The summed E-state index contributed by atoms with van der Waals surface area (Å²) in [7, 11) is 3.58. The van der Waals surface area contributed by atoms with Crippen LogP contribution in [0.15, 0.2) is 47.7 Å². The lowest BCUT2D eigenvalue weighted by atomic mass is 10.1. The van der Waals surface area contributed by atoms with Gasteiger partial charge in [-0.3, -0.25) is 14.6 Å². The van der Waals surface area contributed by atoms with Gasteiger partial charge in [-0.15, -0.1) is 24.0 Å². The van der Waals surface area contributed by atoms with Crippen LogP contribution in [0.25, 0.3) is 0 Å². The van der Waals surface area contributed by atoms with E-state index in [0.29, 0.717) is 6.04 Å². The molecule has 1 aliphatic rings. The summed E-state index contributed by atoms with van der Waals surface area (Å²) >= 11 is 0. The molecule has 0 saturated carbocycles. The van der Waals surface area contributed by atoms with E-state index in [1.54, 1.807) is 7.11 Å². The Hall–Kier alpha value is -1.65. The predicted octanol–water partition coefficient (Wildman–Crippen LogP) is 2.33. The van der Waals surface area contributed by atoms with Gasteiger partial charge in [0.15, 0.2) is 5.96 Å². The number of hydrogen-bond donors (Lipinski definition) is 2. The number of guanidine groups is 1. The number of rotatable bonds is 9. The Morgan fingerprint density at radius 3 is 2.79 bits per heavy atom. The van der Waals surface area contributed by atoms with Crippen LogP contribution in [0.3, 0.4) is 0 Å². The van der Waals surface area contributed by atoms with E-state index < -0.39 is 0 Å². The zero-order valence-corrected chi connectivity index (χ0v) is 19.7. The molecule has 2 heterocycles. The smallest absolute Gasteiger partial charge is 0.191 e. The van der Waals surface area contributed by atoms with E-state index in [4.69, 9.17) is 4.74 Å². The normalized spacial score (nSPS) is 17.2. The van der Waals surface area contributed by atoms with E-state index in [0.717, 1.165) is 45.3 Å². The molecule has 2 aromatic rings. The van der Waals surface area contributed by atoms with Crippen molar-refractivity contribution in [3.8, 4) is 0 Å². The van der Waals surface area contributed by atoms with Gasteiger partial charge in [-0.2, -0.15) is 5.10 Å². The van der Waals surface area contributed by atoms with Crippen LogP contribution in [0, 0.1) is 0 Å². The van der Waals surface area contributed by atoms with Gasteiger partial charge in [-0.1, -0.05) is 24.3 Å². The molecule has 1 aromatic heterocycles. The molecule has 1 fully saturated rings. The zero-order chi connectivity index (χ0) is 19.6. The number of halogens is 1. The molecule has 1 aliphatic heterocycles. The van der Waals surface area contributed by atoms with E-state index in [9.17, 15) is 0 Å². The molecule has 0 aliphatic carbocycles. The van der Waals surface area contributed by atoms with Crippen molar-refractivity contribution in [2.45, 2.75) is 32.0 Å². The van der Waals surface area contributed by atoms with Gasteiger partial charge >= 0.3 is 0 Å². The van der Waals surface area contributed by atoms with Crippen LogP contribution in [0.5, 0.6) is 0 Å². The van der Waals surface area contributed by atoms with Crippen LogP contribution in [-0.2, 0) is 17.8 Å². The highest BCUT2D eigenvalue weighted by Gasteiger charge is 2.23. The number of ether oxygens (including phenoxy) is 1. The minimum absolute atomic E-state index is 0. The number of nitrogens with one attached hydrogen (secondary N) is 2. The molecule has 0 spiro atoms. The fraction of sp³-hybridized carbons (Fsp3) is 0.524. The Bertz CT molecular complexity index is 737. The molecule has 1 atom stereocenters. The maximum absolute atomic E-state index is 5.23. The summed E-state index contributed by atoms with van der Waals surface area (Å²) in [6.45, 7) is 5.34. The summed E-state index contributed by atoms with van der Waals surface area (Å²) in [4.78, 5) is 6.89. The third kappa shape index (κ3) is 7.27. The highest BCUT2D eigenvalue weighted by atomic mass is 127. The lowest BCUT2D eigenvalue weighted by molar-refractivity contribution is 0.141. The van der Waals surface area contributed by atoms with Gasteiger partial charge in [0.2, 0.25) is 0 Å². The molecule has 8 heteroatoms. The van der Waals surface area contributed by atoms with Crippen molar-refractivity contribution in [3.05, 3.63) is 53.9 Å². The minimum atomic E-state index is 0. The van der Waals surface area contributed by atoms with Crippen LogP contribution < -0.4 is 10.6 Å². The van der Waals surface area contributed by atoms with E-state index >= 15 is 0 Å². The SMILES string of the molecule is CN=C(NCc1ccccc1Cn1cccn1)NCC1CCCN1CCOC.I. The van der Waals surface area contributed by atoms with Crippen molar-refractivity contribution in [1.82, 2.24) is 25.3 Å². The summed E-state index contributed by atoms with van der Waals surface area (Å²) in [5, 5.41) is 11.3. The molecule has 160 valence electrons. The van der Waals surface area contributed by atoms with Gasteiger partial charge in [-0.25, -0.2) is 0 Å². The standard InChI is InChI=1S/C21H32N6O.HI/c1-22-21(24-16-20-9-5-11-26(20)13-14-28-2)23-15-18-7-3-4-8-19(18)17-27-12-6-10-25-27;/h3-4,6-8,10,12,20H,5,9,11,13-17H2,1-2H3,(H2,22,23,24);1H. The number of methoxy groups -OCH3 is 1. The predicted molar refractivity (Wildman–Crippen MR) is 128 cm³/mol. The second-order valence-electron chi connectivity index (χ2n) is 7.10. The van der Waals surface area contributed by atoms with Crippen molar-refractivity contribution < 1.29 is 4.74 Å². The Morgan fingerprint density at radius 1 is 1.24 bits per heavy atom. The molecule has 0 bridgehead atoms. The molecule has 1 saturated heterocycles. The van der Waals surface area contributed by atoms with Crippen molar-refractivity contribution in [2.24, 2.45) is 4.99 Å².